The number of anilines is 1. The third kappa shape index (κ3) is 3.98. The number of benzene rings is 3. The van der Waals surface area contributed by atoms with Gasteiger partial charge in [0.1, 0.15) is 11.0 Å². The van der Waals surface area contributed by atoms with E-state index in [-0.39, 0.29) is 5.91 Å². The summed E-state index contributed by atoms with van der Waals surface area (Å²) in [4.78, 5) is 17.1. The maximum atomic E-state index is 12.6. The summed E-state index contributed by atoms with van der Waals surface area (Å²) in [5, 5.41) is 5.40. The molecule has 0 atom stereocenters. The zero-order valence-electron chi connectivity index (χ0n) is 15.8. The second-order valence-electron chi connectivity index (χ2n) is 6.82. The highest BCUT2D eigenvalue weighted by molar-refractivity contribution is 7.14. The predicted molar refractivity (Wildman–Crippen MR) is 122 cm³/mol. The third-order valence-corrected chi connectivity index (χ3v) is 6.06. The summed E-state index contributed by atoms with van der Waals surface area (Å²) in [5.41, 5.74) is 6.47. The number of amides is 1. The number of thiazole rings is 1. The van der Waals surface area contributed by atoms with Crippen molar-refractivity contribution in [3.05, 3.63) is 94.9 Å². The number of nitrogens with one attached hydrogen (secondary N) is 1. The van der Waals surface area contributed by atoms with Crippen LogP contribution in [0.25, 0.3) is 22.3 Å². The molecular formula is C23H16N4OS2. The molecule has 0 fully saturated rings. The number of fused-ring (bicyclic) bond motifs is 1. The summed E-state index contributed by atoms with van der Waals surface area (Å²) >= 11 is 2.55. The number of nitrogens with zero attached hydrogens (tertiary/aromatic N) is 3. The van der Waals surface area contributed by atoms with Crippen LogP contribution in [0.15, 0.2) is 78.2 Å². The van der Waals surface area contributed by atoms with Crippen molar-refractivity contribution in [3.63, 3.8) is 0 Å². The van der Waals surface area contributed by atoms with Crippen LogP contribution in [0.5, 0.6) is 0 Å². The minimum absolute atomic E-state index is 0.205. The van der Waals surface area contributed by atoms with Gasteiger partial charge >= 0.3 is 0 Å². The Morgan fingerprint density at radius 1 is 0.867 bits per heavy atom. The quantitative estimate of drug-likeness (QED) is 0.392. The largest absolute Gasteiger partial charge is 0.298 e. The van der Waals surface area contributed by atoms with Crippen molar-refractivity contribution in [1.29, 1.82) is 0 Å². The Bertz CT molecular complexity index is 1310. The van der Waals surface area contributed by atoms with Gasteiger partial charge in [-0.3, -0.25) is 10.1 Å². The van der Waals surface area contributed by atoms with E-state index in [9.17, 15) is 4.79 Å². The highest BCUT2D eigenvalue weighted by Gasteiger charge is 2.12. The molecule has 1 amide bonds. The molecular weight excluding hydrogens is 412 g/mol. The Balaban J connectivity index is 1.28. The standard InChI is InChI=1S/C23H16N4OS2/c28-22(18-10-11-19-20(13-18)27-30-26-19)25-23-24-21(14-29-23)17-8-6-16(7-9-17)12-15-4-2-1-3-5-15/h1-11,13-14H,12H2,(H,24,25,28). The number of hydrogen-bond donors (Lipinski definition) is 1. The van der Waals surface area contributed by atoms with E-state index in [2.05, 4.69) is 67.6 Å². The zero-order valence-corrected chi connectivity index (χ0v) is 17.4. The first-order valence-electron chi connectivity index (χ1n) is 9.37. The van der Waals surface area contributed by atoms with Crippen LogP contribution in [0, 0.1) is 0 Å². The monoisotopic (exact) mass is 428 g/mol. The van der Waals surface area contributed by atoms with E-state index in [1.165, 1.54) is 22.5 Å². The number of aromatic nitrogens is 3. The molecule has 7 heteroatoms. The van der Waals surface area contributed by atoms with Crippen LogP contribution in [-0.2, 0) is 6.42 Å². The summed E-state index contributed by atoms with van der Waals surface area (Å²) in [6, 6.07) is 24.1. The van der Waals surface area contributed by atoms with Gasteiger partial charge in [0, 0.05) is 16.5 Å². The first-order valence-corrected chi connectivity index (χ1v) is 11.0. The molecule has 146 valence electrons. The molecule has 0 aliphatic rings. The van der Waals surface area contributed by atoms with Gasteiger partial charge in [-0.05, 0) is 35.7 Å². The molecule has 0 bridgehead atoms. The van der Waals surface area contributed by atoms with Gasteiger partial charge in [0.25, 0.3) is 5.91 Å². The molecule has 5 aromatic rings. The predicted octanol–water partition coefficient (Wildman–Crippen LogP) is 5.66. The molecule has 5 rings (SSSR count). The van der Waals surface area contributed by atoms with Crippen molar-refractivity contribution < 1.29 is 4.79 Å². The van der Waals surface area contributed by atoms with Crippen LogP contribution in [0.2, 0.25) is 0 Å². The van der Waals surface area contributed by atoms with Gasteiger partial charge in [0.05, 0.1) is 17.4 Å². The number of carbonyl (C=O) groups excluding carboxylic acids is 1. The Morgan fingerprint density at radius 3 is 2.47 bits per heavy atom. The smallest absolute Gasteiger partial charge is 0.257 e. The third-order valence-electron chi connectivity index (χ3n) is 4.74. The van der Waals surface area contributed by atoms with Gasteiger partial charge < -0.3 is 0 Å². The van der Waals surface area contributed by atoms with Crippen molar-refractivity contribution in [2.45, 2.75) is 6.42 Å². The van der Waals surface area contributed by atoms with E-state index in [4.69, 9.17) is 0 Å². The summed E-state index contributed by atoms with van der Waals surface area (Å²) in [5.74, 6) is -0.205. The number of hydrogen-bond acceptors (Lipinski definition) is 6. The average molecular weight is 429 g/mol. The van der Waals surface area contributed by atoms with Gasteiger partial charge in [0.15, 0.2) is 5.13 Å². The highest BCUT2D eigenvalue weighted by atomic mass is 32.1. The van der Waals surface area contributed by atoms with Crippen LogP contribution in [0.1, 0.15) is 21.5 Å². The van der Waals surface area contributed by atoms with Gasteiger partial charge in [0.2, 0.25) is 0 Å². The molecule has 5 nitrogen and oxygen atoms in total. The fourth-order valence-corrected chi connectivity index (χ4v) is 4.41. The van der Waals surface area contributed by atoms with Crippen molar-refractivity contribution >= 4 is 45.1 Å². The second-order valence-corrected chi connectivity index (χ2v) is 8.21. The SMILES string of the molecule is O=C(Nc1nc(-c2ccc(Cc3ccccc3)cc2)cs1)c1ccc2nsnc2c1. The van der Waals surface area contributed by atoms with Crippen LogP contribution >= 0.6 is 23.1 Å². The summed E-state index contributed by atoms with van der Waals surface area (Å²) in [6.45, 7) is 0. The van der Waals surface area contributed by atoms with Crippen molar-refractivity contribution in [2.75, 3.05) is 5.32 Å². The number of rotatable bonds is 5. The molecule has 2 heterocycles. The minimum Gasteiger partial charge on any atom is -0.298 e. The fraction of sp³-hybridized carbons (Fsp3) is 0.0435. The maximum Gasteiger partial charge on any atom is 0.257 e. The van der Waals surface area contributed by atoms with Crippen molar-refractivity contribution in [1.82, 2.24) is 13.7 Å². The topological polar surface area (TPSA) is 67.8 Å². The molecule has 0 saturated carbocycles. The molecule has 0 saturated heterocycles. The average Bonchev–Trinajstić information content (AvgIpc) is 3.44. The Kier molecular flexibility index (Phi) is 5.04. The lowest BCUT2D eigenvalue weighted by molar-refractivity contribution is 0.102. The van der Waals surface area contributed by atoms with E-state index in [0.29, 0.717) is 10.7 Å². The molecule has 0 unspecified atom stereocenters. The van der Waals surface area contributed by atoms with E-state index in [1.54, 1.807) is 18.2 Å². The van der Waals surface area contributed by atoms with Gasteiger partial charge in [-0.1, -0.05) is 54.6 Å². The molecule has 2 aromatic heterocycles. The molecule has 30 heavy (non-hydrogen) atoms. The lowest BCUT2D eigenvalue weighted by Gasteiger charge is -2.03. The van der Waals surface area contributed by atoms with E-state index < -0.39 is 0 Å². The van der Waals surface area contributed by atoms with E-state index in [1.807, 2.05) is 11.4 Å². The molecule has 0 aliphatic carbocycles. The molecule has 0 aliphatic heterocycles. The van der Waals surface area contributed by atoms with E-state index >= 15 is 0 Å². The summed E-state index contributed by atoms with van der Waals surface area (Å²) in [6.07, 6.45) is 0.901. The van der Waals surface area contributed by atoms with Crippen molar-refractivity contribution in [2.24, 2.45) is 0 Å². The van der Waals surface area contributed by atoms with E-state index in [0.717, 1.165) is 40.4 Å². The van der Waals surface area contributed by atoms with Gasteiger partial charge in [-0.25, -0.2) is 4.98 Å². The van der Waals surface area contributed by atoms with Crippen LogP contribution in [0.4, 0.5) is 5.13 Å². The Hall–Kier alpha value is -3.42. The lowest BCUT2D eigenvalue weighted by Crippen LogP contribution is -2.11. The normalized spacial score (nSPS) is 10.9. The van der Waals surface area contributed by atoms with Crippen LogP contribution < -0.4 is 5.32 Å². The van der Waals surface area contributed by atoms with Crippen LogP contribution in [-0.4, -0.2) is 19.6 Å². The van der Waals surface area contributed by atoms with Crippen molar-refractivity contribution in [3.8, 4) is 11.3 Å². The van der Waals surface area contributed by atoms with Crippen LogP contribution in [0.3, 0.4) is 0 Å². The molecule has 0 spiro atoms. The summed E-state index contributed by atoms with van der Waals surface area (Å²) < 4.78 is 8.34. The first kappa shape index (κ1) is 18.6. The Labute approximate surface area is 181 Å². The molecule has 3 aromatic carbocycles. The lowest BCUT2D eigenvalue weighted by atomic mass is 10.0. The maximum absolute atomic E-state index is 12.6. The molecule has 0 radical (unpaired) electrons. The number of carbonyl (C=O) groups is 1. The first-order chi connectivity index (χ1) is 14.7. The Morgan fingerprint density at radius 2 is 1.63 bits per heavy atom. The second kappa shape index (κ2) is 8.14. The fourth-order valence-electron chi connectivity index (χ4n) is 3.18. The molecule has 1 N–H and O–H groups in total. The zero-order chi connectivity index (χ0) is 20.3. The minimum atomic E-state index is -0.205. The van der Waals surface area contributed by atoms with Gasteiger partial charge in [-0.2, -0.15) is 8.75 Å². The van der Waals surface area contributed by atoms with Gasteiger partial charge in [-0.15, -0.1) is 11.3 Å². The highest BCUT2D eigenvalue weighted by Crippen LogP contribution is 2.26. The summed E-state index contributed by atoms with van der Waals surface area (Å²) in [7, 11) is 0.